The van der Waals surface area contributed by atoms with Gasteiger partial charge in [-0.05, 0) is 33.2 Å². The van der Waals surface area contributed by atoms with Crippen molar-refractivity contribution in [2.45, 2.75) is 44.6 Å². The summed E-state index contributed by atoms with van der Waals surface area (Å²) in [6.45, 7) is 10.3. The van der Waals surface area contributed by atoms with Crippen molar-refractivity contribution in [3.05, 3.63) is 0 Å². The van der Waals surface area contributed by atoms with E-state index in [4.69, 9.17) is 9.73 Å². The predicted molar refractivity (Wildman–Crippen MR) is 118 cm³/mol. The number of hydrogen-bond acceptors (Lipinski definition) is 5. The van der Waals surface area contributed by atoms with Gasteiger partial charge in [0.2, 0.25) is 0 Å². The van der Waals surface area contributed by atoms with E-state index >= 15 is 0 Å². The maximum atomic E-state index is 5.13. The van der Waals surface area contributed by atoms with E-state index in [0.717, 1.165) is 51.7 Å². The Morgan fingerprint density at radius 2 is 1.93 bits per heavy atom. The Kier molecular flexibility index (Phi) is 10.9. The molecule has 1 saturated heterocycles. The molecule has 0 aromatic rings. The fourth-order valence-electron chi connectivity index (χ4n) is 4.17. The van der Waals surface area contributed by atoms with Gasteiger partial charge in [0, 0.05) is 70.0 Å². The maximum absolute atomic E-state index is 5.13. The molecule has 0 atom stereocenters. The van der Waals surface area contributed by atoms with Crippen LogP contribution < -0.4 is 10.6 Å². The van der Waals surface area contributed by atoms with Crippen molar-refractivity contribution >= 4 is 17.7 Å². The molecular weight excluding hydrogens is 358 g/mol. The average Bonchev–Trinajstić information content (AvgIpc) is 3.17. The molecule has 158 valence electrons. The zero-order chi connectivity index (χ0) is 19.4. The van der Waals surface area contributed by atoms with Crippen LogP contribution >= 0.6 is 11.8 Å². The molecule has 0 bridgehead atoms. The number of likely N-dealkylation sites (N-methyl/N-ethyl adjacent to an activating group) is 1. The van der Waals surface area contributed by atoms with Crippen molar-refractivity contribution in [3.8, 4) is 0 Å². The molecule has 2 N–H and O–H groups in total. The van der Waals surface area contributed by atoms with Gasteiger partial charge >= 0.3 is 0 Å². The Morgan fingerprint density at radius 3 is 2.59 bits per heavy atom. The molecule has 27 heavy (non-hydrogen) atoms. The summed E-state index contributed by atoms with van der Waals surface area (Å²) in [6, 6.07) is 0. The highest BCUT2D eigenvalue weighted by Crippen LogP contribution is 2.37. The lowest BCUT2D eigenvalue weighted by molar-refractivity contribution is 0.112. The minimum atomic E-state index is 0.306. The quantitative estimate of drug-likeness (QED) is 0.314. The van der Waals surface area contributed by atoms with E-state index in [1.807, 2.05) is 0 Å². The van der Waals surface area contributed by atoms with Crippen molar-refractivity contribution in [2.75, 3.05) is 78.1 Å². The van der Waals surface area contributed by atoms with Gasteiger partial charge in [0.15, 0.2) is 5.96 Å². The van der Waals surface area contributed by atoms with E-state index in [1.165, 1.54) is 50.3 Å². The van der Waals surface area contributed by atoms with Gasteiger partial charge < -0.3 is 20.3 Å². The average molecular weight is 400 g/mol. The molecule has 2 fully saturated rings. The third-order valence-electron chi connectivity index (χ3n) is 5.77. The summed E-state index contributed by atoms with van der Waals surface area (Å²) in [7, 11) is 3.93. The van der Waals surface area contributed by atoms with Crippen LogP contribution in [-0.2, 0) is 4.74 Å². The highest BCUT2D eigenvalue weighted by Gasteiger charge is 2.39. The van der Waals surface area contributed by atoms with Gasteiger partial charge in [0.05, 0.1) is 6.54 Å². The van der Waals surface area contributed by atoms with E-state index in [0.29, 0.717) is 5.54 Å². The Morgan fingerprint density at radius 1 is 1.19 bits per heavy atom. The predicted octanol–water partition coefficient (Wildman–Crippen LogP) is 1.87. The van der Waals surface area contributed by atoms with Crippen LogP contribution in [0.15, 0.2) is 4.99 Å². The van der Waals surface area contributed by atoms with Crippen LogP contribution in [0.2, 0.25) is 0 Å². The first-order valence-corrected chi connectivity index (χ1v) is 11.9. The van der Waals surface area contributed by atoms with Crippen LogP contribution in [0.25, 0.3) is 0 Å². The van der Waals surface area contributed by atoms with E-state index in [9.17, 15) is 0 Å². The Bertz CT molecular complexity index is 423. The first-order valence-electron chi connectivity index (χ1n) is 10.7. The summed E-state index contributed by atoms with van der Waals surface area (Å²) in [5, 5.41) is 6.96. The van der Waals surface area contributed by atoms with Gasteiger partial charge in [-0.3, -0.25) is 9.89 Å². The van der Waals surface area contributed by atoms with Crippen LogP contribution in [0.4, 0.5) is 0 Å². The Labute approximate surface area is 170 Å². The molecule has 2 rings (SSSR count). The summed E-state index contributed by atoms with van der Waals surface area (Å²) in [4.78, 5) is 10.1. The van der Waals surface area contributed by atoms with E-state index in [-0.39, 0.29) is 0 Å². The molecule has 7 heteroatoms. The largest absolute Gasteiger partial charge is 0.385 e. The Balaban J connectivity index is 1.83. The monoisotopic (exact) mass is 399 g/mol. The summed E-state index contributed by atoms with van der Waals surface area (Å²) in [6.07, 6.45) is 6.41. The molecule has 2 aliphatic rings. The SMILES string of the molecule is CCNC(=NCC1(N2CCSCC2)CCCC1)NCCN(C)CCCOC. The van der Waals surface area contributed by atoms with Crippen LogP contribution in [0.1, 0.15) is 39.0 Å². The molecule has 1 aliphatic heterocycles. The van der Waals surface area contributed by atoms with Gasteiger partial charge in [-0.25, -0.2) is 0 Å². The standard InChI is InChI=1S/C20H41N5OS/c1-4-21-19(22-10-12-24(2)11-7-15-26-3)23-18-20(8-5-6-9-20)25-13-16-27-17-14-25/h4-18H2,1-3H3,(H2,21,22,23). The van der Waals surface area contributed by atoms with Crippen LogP contribution in [0.3, 0.4) is 0 Å². The minimum absolute atomic E-state index is 0.306. The van der Waals surface area contributed by atoms with Crippen molar-refractivity contribution in [1.29, 1.82) is 0 Å². The molecule has 0 unspecified atom stereocenters. The van der Waals surface area contributed by atoms with Crippen molar-refractivity contribution in [1.82, 2.24) is 20.4 Å². The topological polar surface area (TPSA) is 52.1 Å². The summed E-state index contributed by atoms with van der Waals surface area (Å²) >= 11 is 2.09. The highest BCUT2D eigenvalue weighted by molar-refractivity contribution is 7.99. The second kappa shape index (κ2) is 12.9. The number of ether oxygens (including phenoxy) is 1. The fourth-order valence-corrected chi connectivity index (χ4v) is 5.07. The van der Waals surface area contributed by atoms with Gasteiger partial charge in [-0.15, -0.1) is 0 Å². The number of rotatable bonds is 11. The fraction of sp³-hybridized carbons (Fsp3) is 0.950. The number of nitrogens with one attached hydrogen (secondary N) is 2. The minimum Gasteiger partial charge on any atom is -0.385 e. The molecule has 0 aromatic carbocycles. The molecule has 0 amide bonds. The Hall–Kier alpha value is -0.500. The summed E-state index contributed by atoms with van der Waals surface area (Å²) in [5.74, 6) is 3.53. The number of hydrogen-bond donors (Lipinski definition) is 2. The smallest absolute Gasteiger partial charge is 0.191 e. The lowest BCUT2D eigenvalue weighted by atomic mass is 9.95. The van der Waals surface area contributed by atoms with E-state index < -0.39 is 0 Å². The molecule has 1 saturated carbocycles. The second-order valence-electron chi connectivity index (χ2n) is 7.80. The third-order valence-corrected chi connectivity index (χ3v) is 6.71. The molecule has 0 aromatic heterocycles. The molecular formula is C20H41N5OS. The molecule has 0 spiro atoms. The molecule has 6 nitrogen and oxygen atoms in total. The van der Waals surface area contributed by atoms with Crippen LogP contribution in [-0.4, -0.2) is 99.4 Å². The van der Waals surface area contributed by atoms with Gasteiger partial charge in [-0.2, -0.15) is 11.8 Å². The van der Waals surface area contributed by atoms with Crippen LogP contribution in [0.5, 0.6) is 0 Å². The van der Waals surface area contributed by atoms with Gasteiger partial charge in [0.25, 0.3) is 0 Å². The number of nitrogens with zero attached hydrogens (tertiary/aromatic N) is 3. The zero-order valence-corrected chi connectivity index (χ0v) is 18.6. The van der Waals surface area contributed by atoms with Gasteiger partial charge in [0.1, 0.15) is 0 Å². The third kappa shape index (κ3) is 7.80. The summed E-state index contributed by atoms with van der Waals surface area (Å²) < 4.78 is 5.13. The second-order valence-corrected chi connectivity index (χ2v) is 9.03. The zero-order valence-electron chi connectivity index (χ0n) is 17.8. The molecule has 0 radical (unpaired) electrons. The van der Waals surface area contributed by atoms with Crippen molar-refractivity contribution in [3.63, 3.8) is 0 Å². The highest BCUT2D eigenvalue weighted by atomic mass is 32.2. The lowest BCUT2D eigenvalue weighted by Gasteiger charge is -2.42. The first-order chi connectivity index (χ1) is 13.2. The summed E-state index contributed by atoms with van der Waals surface area (Å²) in [5.41, 5.74) is 0.306. The number of thioether (sulfide) groups is 1. The van der Waals surface area contributed by atoms with E-state index in [1.54, 1.807) is 7.11 Å². The molecule has 1 aliphatic carbocycles. The van der Waals surface area contributed by atoms with Crippen molar-refractivity contribution < 1.29 is 4.74 Å². The first kappa shape index (κ1) is 22.8. The lowest BCUT2D eigenvalue weighted by Crippen LogP contribution is -2.53. The number of methoxy groups -OCH3 is 1. The maximum Gasteiger partial charge on any atom is 0.191 e. The van der Waals surface area contributed by atoms with Gasteiger partial charge in [-0.1, -0.05) is 12.8 Å². The van der Waals surface area contributed by atoms with Crippen molar-refractivity contribution in [2.24, 2.45) is 4.99 Å². The van der Waals surface area contributed by atoms with E-state index in [2.05, 4.69) is 46.2 Å². The van der Waals surface area contributed by atoms with Crippen LogP contribution in [0, 0.1) is 0 Å². The normalized spacial score (nSPS) is 21.0. The number of guanidine groups is 1. The number of aliphatic imine (C=N–C) groups is 1. The molecule has 1 heterocycles.